The normalized spacial score (nSPS) is 15.8. The first kappa shape index (κ1) is 10.3. The summed E-state index contributed by atoms with van der Waals surface area (Å²) in [5.41, 5.74) is 9.25. The van der Waals surface area contributed by atoms with Gasteiger partial charge in [0.2, 0.25) is 0 Å². The Labute approximate surface area is 100 Å². The molecule has 0 atom stereocenters. The lowest BCUT2D eigenvalue weighted by Gasteiger charge is -2.26. The Bertz CT molecular complexity index is 540. The van der Waals surface area contributed by atoms with Crippen molar-refractivity contribution in [2.45, 2.75) is 32.2 Å². The Kier molecular flexibility index (Phi) is 2.35. The maximum atomic E-state index is 5.95. The Balaban J connectivity index is 2.09. The molecule has 88 valence electrons. The molecular formula is C13H16N4. The summed E-state index contributed by atoms with van der Waals surface area (Å²) in [5.74, 6) is 0.530. The van der Waals surface area contributed by atoms with Crippen LogP contribution in [0.2, 0.25) is 0 Å². The molecule has 17 heavy (non-hydrogen) atoms. The number of nitrogen functional groups attached to an aromatic ring is 1. The van der Waals surface area contributed by atoms with Crippen LogP contribution in [0.5, 0.6) is 0 Å². The molecule has 1 aliphatic carbocycles. The molecule has 0 unspecified atom stereocenters. The summed E-state index contributed by atoms with van der Waals surface area (Å²) in [5, 5.41) is 8.20. The van der Waals surface area contributed by atoms with Gasteiger partial charge >= 0.3 is 0 Å². The third kappa shape index (κ3) is 1.69. The molecule has 0 spiro atoms. The number of nitrogens with two attached hydrogens (primary N) is 1. The van der Waals surface area contributed by atoms with Gasteiger partial charge < -0.3 is 5.73 Å². The van der Waals surface area contributed by atoms with Gasteiger partial charge in [-0.25, -0.2) is 4.68 Å². The highest BCUT2D eigenvalue weighted by molar-refractivity contribution is 5.70. The van der Waals surface area contributed by atoms with Crippen molar-refractivity contribution in [1.82, 2.24) is 15.0 Å². The fourth-order valence-corrected chi connectivity index (χ4v) is 2.27. The Morgan fingerprint density at radius 1 is 1.35 bits per heavy atom. The van der Waals surface area contributed by atoms with Crippen molar-refractivity contribution in [3.63, 3.8) is 0 Å². The van der Waals surface area contributed by atoms with Crippen LogP contribution in [0.1, 0.15) is 30.9 Å². The lowest BCUT2D eigenvalue weighted by atomic mass is 9.93. The van der Waals surface area contributed by atoms with E-state index in [4.69, 9.17) is 5.73 Å². The maximum Gasteiger partial charge on any atom is 0.174 e. The molecule has 0 saturated heterocycles. The first-order valence-electron chi connectivity index (χ1n) is 6.03. The number of hydrogen-bond donors (Lipinski definition) is 1. The molecule has 2 aromatic rings. The van der Waals surface area contributed by atoms with E-state index in [9.17, 15) is 0 Å². The molecule has 1 saturated carbocycles. The van der Waals surface area contributed by atoms with E-state index in [1.807, 2.05) is 10.7 Å². The number of benzene rings is 1. The molecule has 0 amide bonds. The number of hydrogen-bond acceptors (Lipinski definition) is 3. The molecule has 0 radical (unpaired) electrons. The summed E-state index contributed by atoms with van der Waals surface area (Å²) < 4.78 is 1.99. The van der Waals surface area contributed by atoms with Gasteiger partial charge in [-0.15, -0.1) is 5.10 Å². The van der Waals surface area contributed by atoms with Crippen LogP contribution in [-0.4, -0.2) is 15.0 Å². The predicted octanol–water partition coefficient (Wildman–Crippen LogP) is 2.56. The summed E-state index contributed by atoms with van der Waals surface area (Å²) in [6.07, 6.45) is 3.64. The smallest absolute Gasteiger partial charge is 0.174 e. The van der Waals surface area contributed by atoms with E-state index in [0.29, 0.717) is 11.9 Å². The quantitative estimate of drug-likeness (QED) is 0.859. The second kappa shape index (κ2) is 3.87. The van der Waals surface area contributed by atoms with Gasteiger partial charge in [0.25, 0.3) is 0 Å². The Hall–Kier alpha value is -1.84. The molecular weight excluding hydrogens is 212 g/mol. The van der Waals surface area contributed by atoms with Gasteiger partial charge in [-0.1, -0.05) is 29.0 Å². The SMILES string of the molecule is Cc1cccc(-c2c(N)nnn2C2CCC2)c1. The van der Waals surface area contributed by atoms with E-state index in [2.05, 4.69) is 35.4 Å². The first-order chi connectivity index (χ1) is 8.25. The van der Waals surface area contributed by atoms with Crippen LogP contribution in [0, 0.1) is 6.92 Å². The van der Waals surface area contributed by atoms with E-state index >= 15 is 0 Å². The number of rotatable bonds is 2. The zero-order valence-electron chi connectivity index (χ0n) is 9.93. The average molecular weight is 228 g/mol. The minimum atomic E-state index is 0.482. The molecule has 4 nitrogen and oxygen atoms in total. The van der Waals surface area contributed by atoms with Crippen LogP contribution >= 0.6 is 0 Å². The van der Waals surface area contributed by atoms with E-state index in [0.717, 1.165) is 11.3 Å². The summed E-state index contributed by atoms with van der Waals surface area (Å²) in [4.78, 5) is 0. The molecule has 4 heteroatoms. The van der Waals surface area contributed by atoms with Gasteiger partial charge in [0.05, 0.1) is 6.04 Å². The van der Waals surface area contributed by atoms with Crippen LogP contribution < -0.4 is 5.73 Å². The zero-order valence-corrected chi connectivity index (χ0v) is 9.93. The molecule has 1 fully saturated rings. The van der Waals surface area contributed by atoms with Gasteiger partial charge in [0, 0.05) is 5.56 Å². The third-order valence-electron chi connectivity index (χ3n) is 3.43. The van der Waals surface area contributed by atoms with E-state index < -0.39 is 0 Å². The summed E-state index contributed by atoms with van der Waals surface area (Å²) in [6.45, 7) is 2.08. The largest absolute Gasteiger partial charge is 0.380 e. The standard InChI is InChI=1S/C13H16N4/c1-9-4-2-5-10(8-9)12-13(14)15-16-17(12)11-6-3-7-11/h2,4-5,8,11H,3,6-7,14H2,1H3. The lowest BCUT2D eigenvalue weighted by Crippen LogP contribution is -2.19. The molecule has 1 aromatic heterocycles. The lowest BCUT2D eigenvalue weighted by molar-refractivity contribution is 0.287. The third-order valence-corrected chi connectivity index (χ3v) is 3.43. The highest BCUT2D eigenvalue weighted by Gasteiger charge is 2.25. The number of aryl methyl sites for hydroxylation is 1. The zero-order chi connectivity index (χ0) is 11.8. The maximum absolute atomic E-state index is 5.95. The van der Waals surface area contributed by atoms with Crippen molar-refractivity contribution in [3.05, 3.63) is 29.8 Å². The van der Waals surface area contributed by atoms with Crippen molar-refractivity contribution in [1.29, 1.82) is 0 Å². The van der Waals surface area contributed by atoms with Crippen molar-refractivity contribution in [3.8, 4) is 11.3 Å². The minimum absolute atomic E-state index is 0.482. The van der Waals surface area contributed by atoms with Crippen LogP contribution in [-0.2, 0) is 0 Å². The fraction of sp³-hybridized carbons (Fsp3) is 0.385. The van der Waals surface area contributed by atoms with Crippen molar-refractivity contribution < 1.29 is 0 Å². The molecule has 1 heterocycles. The molecule has 0 aliphatic heterocycles. The van der Waals surface area contributed by atoms with Crippen LogP contribution in [0.25, 0.3) is 11.3 Å². The molecule has 1 aromatic carbocycles. The molecule has 2 N–H and O–H groups in total. The van der Waals surface area contributed by atoms with Crippen molar-refractivity contribution >= 4 is 5.82 Å². The summed E-state index contributed by atoms with van der Waals surface area (Å²) >= 11 is 0. The van der Waals surface area contributed by atoms with Gasteiger partial charge in [0.15, 0.2) is 5.82 Å². The molecule has 3 rings (SSSR count). The average Bonchev–Trinajstić information content (AvgIpc) is 2.58. The highest BCUT2D eigenvalue weighted by Crippen LogP contribution is 2.36. The van der Waals surface area contributed by atoms with Gasteiger partial charge in [0.1, 0.15) is 5.69 Å². The van der Waals surface area contributed by atoms with Crippen molar-refractivity contribution in [2.24, 2.45) is 0 Å². The predicted molar refractivity (Wildman–Crippen MR) is 67.5 cm³/mol. The summed E-state index contributed by atoms with van der Waals surface area (Å²) in [7, 11) is 0. The monoisotopic (exact) mass is 228 g/mol. The number of aromatic nitrogens is 3. The summed E-state index contributed by atoms with van der Waals surface area (Å²) in [6, 6.07) is 8.80. The van der Waals surface area contributed by atoms with E-state index in [-0.39, 0.29) is 0 Å². The second-order valence-electron chi connectivity index (χ2n) is 4.72. The second-order valence-corrected chi connectivity index (χ2v) is 4.72. The van der Waals surface area contributed by atoms with Crippen LogP contribution in [0.3, 0.4) is 0 Å². The van der Waals surface area contributed by atoms with E-state index in [1.165, 1.54) is 24.8 Å². The van der Waals surface area contributed by atoms with E-state index in [1.54, 1.807) is 0 Å². The van der Waals surface area contributed by atoms with Gasteiger partial charge in [-0.2, -0.15) is 0 Å². The van der Waals surface area contributed by atoms with Crippen LogP contribution in [0.15, 0.2) is 24.3 Å². The minimum Gasteiger partial charge on any atom is -0.380 e. The van der Waals surface area contributed by atoms with Gasteiger partial charge in [-0.3, -0.25) is 0 Å². The number of anilines is 1. The highest BCUT2D eigenvalue weighted by atomic mass is 15.5. The first-order valence-corrected chi connectivity index (χ1v) is 6.03. The van der Waals surface area contributed by atoms with Crippen molar-refractivity contribution in [2.75, 3.05) is 5.73 Å². The molecule has 1 aliphatic rings. The topological polar surface area (TPSA) is 56.7 Å². The van der Waals surface area contributed by atoms with Gasteiger partial charge in [-0.05, 0) is 32.3 Å². The fourth-order valence-electron chi connectivity index (χ4n) is 2.27. The van der Waals surface area contributed by atoms with Crippen LogP contribution in [0.4, 0.5) is 5.82 Å². The molecule has 0 bridgehead atoms. The Morgan fingerprint density at radius 3 is 2.82 bits per heavy atom. The Morgan fingerprint density at radius 2 is 2.18 bits per heavy atom. The number of nitrogens with zero attached hydrogens (tertiary/aromatic N) is 3.